The lowest BCUT2D eigenvalue weighted by molar-refractivity contribution is 0.404. The number of aromatic nitrogens is 2. The molecule has 0 atom stereocenters. The van der Waals surface area contributed by atoms with E-state index >= 15 is 0 Å². The Morgan fingerprint density at radius 2 is 2.00 bits per heavy atom. The first-order valence-electron chi connectivity index (χ1n) is 6.25. The Morgan fingerprint density at radius 3 is 2.62 bits per heavy atom. The van der Waals surface area contributed by atoms with Crippen LogP contribution in [0.2, 0.25) is 0 Å². The summed E-state index contributed by atoms with van der Waals surface area (Å²) in [6, 6.07) is 9.35. The van der Waals surface area contributed by atoms with Gasteiger partial charge in [-0.2, -0.15) is 5.26 Å². The van der Waals surface area contributed by atoms with Gasteiger partial charge in [0.1, 0.15) is 23.1 Å². The summed E-state index contributed by atoms with van der Waals surface area (Å²) in [5.74, 6) is 1.27. The Balaban J connectivity index is 2.28. The second-order valence-corrected chi connectivity index (χ2v) is 4.53. The van der Waals surface area contributed by atoms with Crippen molar-refractivity contribution >= 4 is 16.7 Å². The van der Waals surface area contributed by atoms with Crippen LogP contribution in [0.4, 0.5) is 5.69 Å². The molecule has 0 saturated heterocycles. The number of anilines is 1. The number of methoxy groups -OCH3 is 1. The van der Waals surface area contributed by atoms with Crippen molar-refractivity contribution in [3.05, 3.63) is 35.6 Å². The second-order valence-electron chi connectivity index (χ2n) is 4.53. The number of ether oxygens (including phenoxy) is 1. The number of nitriles is 1. The fraction of sp³-hybridized carbons (Fsp3) is 0.133. The standard InChI is InChI=1S/C15H12N4O2/c1-8-12-13(17)11(7-16)14(18-15(12)19-21-8)9-3-5-10(20-2)6-4-9/h3-6H,17H2,1-2H3. The van der Waals surface area contributed by atoms with Crippen LogP contribution in [0.5, 0.6) is 5.75 Å². The molecule has 0 radical (unpaired) electrons. The van der Waals surface area contributed by atoms with Crippen LogP contribution in [-0.2, 0) is 0 Å². The molecule has 6 nitrogen and oxygen atoms in total. The molecule has 21 heavy (non-hydrogen) atoms. The predicted molar refractivity (Wildman–Crippen MR) is 77.7 cm³/mol. The molecular weight excluding hydrogens is 268 g/mol. The molecule has 0 amide bonds. The van der Waals surface area contributed by atoms with Crippen molar-refractivity contribution in [2.75, 3.05) is 12.8 Å². The minimum Gasteiger partial charge on any atom is -0.497 e. The number of hydrogen-bond acceptors (Lipinski definition) is 6. The summed E-state index contributed by atoms with van der Waals surface area (Å²) in [6.45, 7) is 1.74. The molecule has 0 fully saturated rings. The fourth-order valence-electron chi connectivity index (χ4n) is 2.23. The van der Waals surface area contributed by atoms with Gasteiger partial charge >= 0.3 is 0 Å². The number of nitrogens with two attached hydrogens (primary N) is 1. The third-order valence-electron chi connectivity index (χ3n) is 3.31. The monoisotopic (exact) mass is 280 g/mol. The first-order chi connectivity index (χ1) is 10.2. The van der Waals surface area contributed by atoms with E-state index < -0.39 is 0 Å². The minimum atomic E-state index is 0.318. The molecule has 1 aromatic carbocycles. The van der Waals surface area contributed by atoms with Gasteiger partial charge in [0.2, 0.25) is 5.65 Å². The van der Waals surface area contributed by atoms with Crippen LogP contribution in [0.25, 0.3) is 22.3 Å². The van der Waals surface area contributed by atoms with Gasteiger partial charge in [-0.25, -0.2) is 4.98 Å². The van der Waals surface area contributed by atoms with Gasteiger partial charge in [0.05, 0.1) is 23.9 Å². The van der Waals surface area contributed by atoms with E-state index in [1.807, 2.05) is 12.1 Å². The molecule has 0 saturated carbocycles. The highest BCUT2D eigenvalue weighted by Gasteiger charge is 2.18. The van der Waals surface area contributed by atoms with E-state index in [4.69, 9.17) is 15.0 Å². The molecule has 3 aromatic rings. The highest BCUT2D eigenvalue weighted by molar-refractivity contribution is 5.96. The summed E-state index contributed by atoms with van der Waals surface area (Å²) < 4.78 is 10.2. The number of fused-ring (bicyclic) bond motifs is 1. The molecule has 104 valence electrons. The molecule has 2 heterocycles. The van der Waals surface area contributed by atoms with E-state index in [9.17, 15) is 5.26 Å². The third kappa shape index (κ3) is 1.96. The van der Waals surface area contributed by atoms with Gasteiger partial charge in [0.15, 0.2) is 0 Å². The number of rotatable bonds is 2. The largest absolute Gasteiger partial charge is 0.497 e. The number of nitrogens with zero attached hydrogens (tertiary/aromatic N) is 3. The van der Waals surface area contributed by atoms with Crippen molar-refractivity contribution in [2.24, 2.45) is 0 Å². The molecule has 6 heteroatoms. The molecule has 0 bridgehead atoms. The van der Waals surface area contributed by atoms with E-state index in [1.165, 1.54) is 0 Å². The first kappa shape index (κ1) is 12.9. The fourth-order valence-corrected chi connectivity index (χ4v) is 2.23. The van der Waals surface area contributed by atoms with E-state index in [1.54, 1.807) is 26.2 Å². The minimum absolute atomic E-state index is 0.318. The van der Waals surface area contributed by atoms with Crippen LogP contribution in [0.1, 0.15) is 11.3 Å². The molecule has 0 unspecified atom stereocenters. The first-order valence-corrected chi connectivity index (χ1v) is 6.25. The average Bonchev–Trinajstić information content (AvgIpc) is 2.89. The van der Waals surface area contributed by atoms with Crippen LogP contribution < -0.4 is 10.5 Å². The number of benzene rings is 1. The van der Waals surface area contributed by atoms with Crippen LogP contribution in [0.3, 0.4) is 0 Å². The van der Waals surface area contributed by atoms with Gasteiger partial charge in [-0.1, -0.05) is 5.16 Å². The quantitative estimate of drug-likeness (QED) is 0.774. The van der Waals surface area contributed by atoms with Crippen molar-refractivity contribution in [3.8, 4) is 23.1 Å². The topological polar surface area (TPSA) is 98.0 Å². The molecule has 2 aromatic heterocycles. The SMILES string of the molecule is COc1ccc(-c2nc3noc(C)c3c(N)c2C#N)cc1. The summed E-state index contributed by atoms with van der Waals surface area (Å²) in [7, 11) is 1.59. The van der Waals surface area contributed by atoms with Gasteiger partial charge in [0.25, 0.3) is 0 Å². The zero-order valence-electron chi connectivity index (χ0n) is 11.5. The smallest absolute Gasteiger partial charge is 0.205 e. The third-order valence-corrected chi connectivity index (χ3v) is 3.31. The summed E-state index contributed by atoms with van der Waals surface area (Å²) in [5.41, 5.74) is 8.39. The van der Waals surface area contributed by atoms with E-state index in [0.29, 0.717) is 33.7 Å². The Hall–Kier alpha value is -3.07. The van der Waals surface area contributed by atoms with Crippen LogP contribution in [-0.4, -0.2) is 17.3 Å². The van der Waals surface area contributed by atoms with Crippen LogP contribution >= 0.6 is 0 Å². The Morgan fingerprint density at radius 1 is 1.29 bits per heavy atom. The van der Waals surface area contributed by atoms with E-state index in [2.05, 4.69) is 16.2 Å². The Labute approximate surface area is 120 Å². The maximum Gasteiger partial charge on any atom is 0.205 e. The van der Waals surface area contributed by atoms with Crippen molar-refractivity contribution in [2.45, 2.75) is 6.92 Å². The zero-order chi connectivity index (χ0) is 15.0. The molecule has 3 rings (SSSR count). The summed E-state index contributed by atoms with van der Waals surface area (Å²) in [6.07, 6.45) is 0. The van der Waals surface area contributed by atoms with Crippen LogP contribution in [0.15, 0.2) is 28.8 Å². The van der Waals surface area contributed by atoms with Crippen molar-refractivity contribution in [3.63, 3.8) is 0 Å². The summed E-state index contributed by atoms with van der Waals surface area (Å²) >= 11 is 0. The van der Waals surface area contributed by atoms with Gasteiger partial charge < -0.3 is 15.0 Å². The lowest BCUT2D eigenvalue weighted by Gasteiger charge is -2.07. The Bertz CT molecular complexity index is 860. The molecule has 0 aliphatic rings. The van der Waals surface area contributed by atoms with Crippen LogP contribution in [0, 0.1) is 18.3 Å². The lowest BCUT2D eigenvalue weighted by Crippen LogP contribution is -1.98. The summed E-state index contributed by atoms with van der Waals surface area (Å²) in [4.78, 5) is 4.41. The molecule has 0 spiro atoms. The predicted octanol–water partition coefficient (Wildman–Crippen LogP) is 2.66. The highest BCUT2D eigenvalue weighted by Crippen LogP contribution is 2.33. The number of pyridine rings is 1. The number of nitrogen functional groups attached to an aromatic ring is 1. The van der Waals surface area contributed by atoms with Crippen molar-refractivity contribution in [1.82, 2.24) is 10.1 Å². The average molecular weight is 280 g/mol. The normalized spacial score (nSPS) is 10.5. The molecule has 2 N–H and O–H groups in total. The van der Waals surface area contributed by atoms with Gasteiger partial charge in [0, 0.05) is 5.56 Å². The summed E-state index contributed by atoms with van der Waals surface area (Å²) in [5, 5.41) is 13.9. The zero-order valence-corrected chi connectivity index (χ0v) is 11.5. The van der Waals surface area contributed by atoms with E-state index in [0.717, 1.165) is 11.3 Å². The van der Waals surface area contributed by atoms with Gasteiger partial charge in [-0.3, -0.25) is 0 Å². The van der Waals surface area contributed by atoms with Crippen molar-refractivity contribution < 1.29 is 9.26 Å². The maximum atomic E-state index is 9.40. The number of hydrogen-bond donors (Lipinski definition) is 1. The molecular formula is C15H12N4O2. The molecule has 0 aliphatic heterocycles. The van der Waals surface area contributed by atoms with Gasteiger partial charge in [-0.15, -0.1) is 0 Å². The Kier molecular flexibility index (Phi) is 2.95. The maximum absolute atomic E-state index is 9.40. The number of aryl methyl sites for hydroxylation is 1. The van der Waals surface area contributed by atoms with E-state index in [-0.39, 0.29) is 0 Å². The van der Waals surface area contributed by atoms with Gasteiger partial charge in [-0.05, 0) is 31.2 Å². The highest BCUT2D eigenvalue weighted by atomic mass is 16.5. The second kappa shape index (κ2) is 4.80. The molecule has 0 aliphatic carbocycles. The lowest BCUT2D eigenvalue weighted by atomic mass is 10.0. The van der Waals surface area contributed by atoms with Crippen molar-refractivity contribution in [1.29, 1.82) is 5.26 Å².